The standard InChI is InChI=1S/C22H22F3N3O3/c23-22(24,25)31-18-8-6-17(7-9-18)28-20(29)14-27(21(28)30)13-15-10-11-26-19(12-15)16-4-2-1-3-5-16/h6-12,14,16,29H,1-5,13H2. The minimum Gasteiger partial charge on any atom is -0.493 e. The molecule has 0 atom stereocenters. The Kier molecular flexibility index (Phi) is 5.75. The molecule has 0 saturated heterocycles. The van der Waals surface area contributed by atoms with Crippen LogP contribution in [0.4, 0.5) is 13.2 Å². The van der Waals surface area contributed by atoms with Crippen LogP contribution in [0.3, 0.4) is 0 Å². The number of aromatic nitrogens is 3. The van der Waals surface area contributed by atoms with Crippen molar-refractivity contribution in [2.75, 3.05) is 0 Å². The van der Waals surface area contributed by atoms with Crippen LogP contribution in [-0.4, -0.2) is 25.6 Å². The van der Waals surface area contributed by atoms with Crippen molar-refractivity contribution in [2.45, 2.75) is 50.9 Å². The first-order chi connectivity index (χ1) is 14.8. The number of hydrogen-bond donors (Lipinski definition) is 1. The fraction of sp³-hybridized carbons (Fsp3) is 0.364. The van der Waals surface area contributed by atoms with Gasteiger partial charge in [0.1, 0.15) is 5.75 Å². The summed E-state index contributed by atoms with van der Waals surface area (Å²) < 4.78 is 43.2. The Morgan fingerprint density at radius 2 is 1.81 bits per heavy atom. The highest BCUT2D eigenvalue weighted by Crippen LogP contribution is 2.31. The van der Waals surface area contributed by atoms with Crippen molar-refractivity contribution in [1.29, 1.82) is 0 Å². The molecule has 4 rings (SSSR count). The molecule has 31 heavy (non-hydrogen) atoms. The van der Waals surface area contributed by atoms with E-state index in [1.807, 2.05) is 12.1 Å². The van der Waals surface area contributed by atoms with Gasteiger partial charge >= 0.3 is 12.1 Å². The van der Waals surface area contributed by atoms with Gasteiger partial charge in [-0.2, -0.15) is 0 Å². The largest absolute Gasteiger partial charge is 0.573 e. The predicted octanol–water partition coefficient (Wildman–Crippen LogP) is 4.73. The van der Waals surface area contributed by atoms with E-state index in [1.54, 1.807) is 6.20 Å². The number of nitrogens with zero attached hydrogens (tertiary/aromatic N) is 3. The zero-order chi connectivity index (χ0) is 22.0. The first-order valence-corrected chi connectivity index (χ1v) is 10.1. The van der Waals surface area contributed by atoms with Crippen molar-refractivity contribution < 1.29 is 23.0 Å². The molecule has 3 aromatic rings. The Hall–Kier alpha value is -3.23. The van der Waals surface area contributed by atoms with Crippen molar-refractivity contribution in [1.82, 2.24) is 14.1 Å². The maximum Gasteiger partial charge on any atom is 0.573 e. The SMILES string of the molecule is O=c1n(Cc2ccnc(C3CCCCC3)c2)cc(O)n1-c1ccc(OC(F)(F)F)cc1. The minimum atomic E-state index is -4.80. The molecule has 1 saturated carbocycles. The van der Waals surface area contributed by atoms with E-state index in [1.165, 1.54) is 42.2 Å². The van der Waals surface area contributed by atoms with Gasteiger partial charge in [-0.15, -0.1) is 13.2 Å². The fourth-order valence-electron chi connectivity index (χ4n) is 4.04. The highest BCUT2D eigenvalue weighted by Gasteiger charge is 2.31. The topological polar surface area (TPSA) is 69.3 Å². The Bertz CT molecular complexity index is 1100. The van der Waals surface area contributed by atoms with Crippen LogP contribution in [0.1, 0.15) is 49.3 Å². The molecule has 0 spiro atoms. The van der Waals surface area contributed by atoms with Gasteiger partial charge in [0.2, 0.25) is 5.88 Å². The van der Waals surface area contributed by atoms with Crippen LogP contribution in [0, 0.1) is 0 Å². The quantitative estimate of drug-likeness (QED) is 0.631. The number of rotatable bonds is 5. The molecular weight excluding hydrogens is 411 g/mol. The molecule has 1 aliphatic rings. The number of benzene rings is 1. The van der Waals surface area contributed by atoms with E-state index in [2.05, 4.69) is 9.72 Å². The number of ether oxygens (including phenoxy) is 1. The summed E-state index contributed by atoms with van der Waals surface area (Å²) in [6.07, 6.45) is 4.11. The molecule has 1 aliphatic carbocycles. The van der Waals surface area contributed by atoms with Crippen molar-refractivity contribution >= 4 is 0 Å². The molecule has 0 radical (unpaired) electrons. The van der Waals surface area contributed by atoms with Gasteiger partial charge in [-0.05, 0) is 54.8 Å². The van der Waals surface area contributed by atoms with E-state index in [-0.39, 0.29) is 18.1 Å². The van der Waals surface area contributed by atoms with E-state index in [0.29, 0.717) is 5.92 Å². The third-order valence-electron chi connectivity index (χ3n) is 5.49. The lowest BCUT2D eigenvalue weighted by atomic mass is 9.86. The molecule has 2 aromatic heterocycles. The summed E-state index contributed by atoms with van der Waals surface area (Å²) in [6, 6.07) is 8.56. The molecule has 0 unspecified atom stereocenters. The van der Waals surface area contributed by atoms with Gasteiger partial charge < -0.3 is 9.84 Å². The molecule has 9 heteroatoms. The van der Waals surface area contributed by atoms with Gasteiger partial charge in [0.05, 0.1) is 18.4 Å². The van der Waals surface area contributed by atoms with Crippen LogP contribution in [0.5, 0.6) is 11.6 Å². The zero-order valence-electron chi connectivity index (χ0n) is 16.7. The first-order valence-electron chi connectivity index (χ1n) is 10.1. The minimum absolute atomic E-state index is 0.230. The maximum absolute atomic E-state index is 12.8. The molecule has 1 aromatic carbocycles. The van der Waals surface area contributed by atoms with Crippen molar-refractivity contribution in [3.05, 3.63) is 70.5 Å². The smallest absolute Gasteiger partial charge is 0.493 e. The summed E-state index contributed by atoms with van der Waals surface area (Å²) in [4.78, 5) is 17.3. The molecular formula is C22H22F3N3O3. The second-order valence-electron chi connectivity index (χ2n) is 7.70. The fourth-order valence-corrected chi connectivity index (χ4v) is 4.04. The third kappa shape index (κ3) is 4.92. The van der Waals surface area contributed by atoms with Gasteiger partial charge in [0.15, 0.2) is 0 Å². The number of halogens is 3. The van der Waals surface area contributed by atoms with Crippen LogP contribution in [0.15, 0.2) is 53.6 Å². The molecule has 0 bridgehead atoms. The summed E-state index contributed by atoms with van der Waals surface area (Å²) in [6.45, 7) is 0.247. The normalized spacial score (nSPS) is 15.2. The van der Waals surface area contributed by atoms with Gasteiger partial charge in [-0.3, -0.25) is 9.55 Å². The molecule has 0 aliphatic heterocycles. The Labute approximate surface area is 176 Å². The van der Waals surface area contributed by atoms with Gasteiger partial charge in [0, 0.05) is 17.8 Å². The number of alkyl halides is 3. The lowest BCUT2D eigenvalue weighted by Crippen LogP contribution is -2.23. The monoisotopic (exact) mass is 433 g/mol. The number of aromatic hydroxyl groups is 1. The summed E-state index contributed by atoms with van der Waals surface area (Å²) in [7, 11) is 0. The van der Waals surface area contributed by atoms with E-state index in [9.17, 15) is 23.1 Å². The highest BCUT2D eigenvalue weighted by atomic mass is 19.4. The zero-order valence-corrected chi connectivity index (χ0v) is 16.7. The van der Waals surface area contributed by atoms with E-state index in [4.69, 9.17) is 0 Å². The van der Waals surface area contributed by atoms with E-state index in [0.717, 1.165) is 40.8 Å². The Balaban J connectivity index is 1.56. The average Bonchev–Trinajstić information content (AvgIpc) is 3.01. The van der Waals surface area contributed by atoms with Crippen LogP contribution >= 0.6 is 0 Å². The molecule has 1 N–H and O–H groups in total. The van der Waals surface area contributed by atoms with Crippen LogP contribution in [0.25, 0.3) is 5.69 Å². The lowest BCUT2D eigenvalue weighted by Gasteiger charge is -2.21. The van der Waals surface area contributed by atoms with Gasteiger partial charge in [0.25, 0.3) is 0 Å². The number of pyridine rings is 1. The molecule has 2 heterocycles. The van der Waals surface area contributed by atoms with Crippen LogP contribution in [0.2, 0.25) is 0 Å². The van der Waals surface area contributed by atoms with E-state index < -0.39 is 17.8 Å². The molecule has 6 nitrogen and oxygen atoms in total. The molecule has 164 valence electrons. The highest BCUT2D eigenvalue weighted by molar-refractivity contribution is 5.40. The molecule has 0 amide bonds. The third-order valence-corrected chi connectivity index (χ3v) is 5.49. The van der Waals surface area contributed by atoms with E-state index >= 15 is 0 Å². The van der Waals surface area contributed by atoms with Gasteiger partial charge in [-0.25, -0.2) is 9.36 Å². The van der Waals surface area contributed by atoms with Crippen LogP contribution in [-0.2, 0) is 6.54 Å². The second kappa shape index (κ2) is 8.49. The summed E-state index contributed by atoms with van der Waals surface area (Å²) in [5, 5.41) is 10.3. The first kappa shape index (κ1) is 21.0. The average molecular weight is 433 g/mol. The van der Waals surface area contributed by atoms with Gasteiger partial charge in [-0.1, -0.05) is 19.3 Å². The Morgan fingerprint density at radius 3 is 2.48 bits per heavy atom. The maximum atomic E-state index is 12.8. The van der Waals surface area contributed by atoms with Crippen molar-refractivity contribution in [3.8, 4) is 17.3 Å². The lowest BCUT2D eigenvalue weighted by molar-refractivity contribution is -0.274. The second-order valence-corrected chi connectivity index (χ2v) is 7.70. The van der Waals surface area contributed by atoms with Crippen LogP contribution < -0.4 is 10.4 Å². The molecule has 1 fully saturated rings. The predicted molar refractivity (Wildman–Crippen MR) is 108 cm³/mol. The van der Waals surface area contributed by atoms with Crippen molar-refractivity contribution in [3.63, 3.8) is 0 Å². The number of hydrogen-bond acceptors (Lipinski definition) is 4. The Morgan fingerprint density at radius 1 is 1.10 bits per heavy atom. The van der Waals surface area contributed by atoms with Crippen molar-refractivity contribution in [2.24, 2.45) is 0 Å². The summed E-state index contributed by atoms with van der Waals surface area (Å²) in [5.74, 6) is -0.285. The summed E-state index contributed by atoms with van der Waals surface area (Å²) >= 11 is 0. The summed E-state index contributed by atoms with van der Waals surface area (Å²) in [5.41, 5.74) is 1.64. The number of imidazole rings is 1.